The van der Waals surface area contributed by atoms with Crippen LogP contribution in [0.2, 0.25) is 0 Å². The molecule has 0 aliphatic carbocycles. The third-order valence-electron chi connectivity index (χ3n) is 1.96. The van der Waals surface area contributed by atoms with Gasteiger partial charge in [0.05, 0.1) is 22.7 Å². The number of ether oxygens (including phenoxy) is 1. The molecule has 2 aromatic heterocycles. The minimum atomic E-state index is -0.399. The van der Waals surface area contributed by atoms with Crippen molar-refractivity contribution in [3.05, 3.63) is 29.0 Å². The monoisotopic (exact) mass is 222 g/mol. The number of carbonyl (C=O) groups is 1. The zero-order chi connectivity index (χ0) is 10.8. The summed E-state index contributed by atoms with van der Waals surface area (Å²) < 4.78 is 4.68. The van der Waals surface area contributed by atoms with E-state index in [0.29, 0.717) is 5.69 Å². The van der Waals surface area contributed by atoms with E-state index >= 15 is 0 Å². The Balaban J connectivity index is 2.52. The molecule has 0 aliphatic heterocycles. The van der Waals surface area contributed by atoms with Crippen LogP contribution in [0.15, 0.2) is 18.3 Å². The van der Waals surface area contributed by atoms with Crippen molar-refractivity contribution in [2.45, 2.75) is 6.92 Å². The molecule has 2 aromatic rings. The molecule has 0 saturated heterocycles. The van der Waals surface area contributed by atoms with Gasteiger partial charge in [-0.15, -0.1) is 11.3 Å². The van der Waals surface area contributed by atoms with Gasteiger partial charge in [0.1, 0.15) is 0 Å². The SMILES string of the molecule is COC(=O)c1nc(C)sc1-c1ccc[nH]1. The molecule has 0 aromatic carbocycles. The molecule has 1 N–H and O–H groups in total. The number of carbonyl (C=O) groups excluding carboxylic acids is 1. The van der Waals surface area contributed by atoms with Crippen molar-refractivity contribution in [2.24, 2.45) is 0 Å². The number of rotatable bonds is 2. The highest BCUT2D eigenvalue weighted by molar-refractivity contribution is 7.15. The Bertz CT molecular complexity index is 474. The van der Waals surface area contributed by atoms with Crippen LogP contribution in [0.1, 0.15) is 15.5 Å². The number of nitrogens with zero attached hydrogens (tertiary/aromatic N) is 1. The normalized spacial score (nSPS) is 10.3. The van der Waals surface area contributed by atoms with Crippen molar-refractivity contribution in [3.63, 3.8) is 0 Å². The van der Waals surface area contributed by atoms with Crippen molar-refractivity contribution < 1.29 is 9.53 Å². The maximum atomic E-state index is 11.5. The Labute approximate surface area is 90.9 Å². The number of aromatic nitrogens is 2. The van der Waals surface area contributed by atoms with Crippen LogP contribution in [0.25, 0.3) is 10.6 Å². The lowest BCUT2D eigenvalue weighted by molar-refractivity contribution is 0.0595. The number of methoxy groups -OCH3 is 1. The summed E-state index contributed by atoms with van der Waals surface area (Å²) in [6, 6.07) is 3.78. The van der Waals surface area contributed by atoms with E-state index in [1.54, 1.807) is 0 Å². The van der Waals surface area contributed by atoms with Gasteiger partial charge in [0.15, 0.2) is 5.69 Å². The molecule has 5 heteroatoms. The van der Waals surface area contributed by atoms with E-state index in [1.807, 2.05) is 25.3 Å². The third kappa shape index (κ3) is 1.78. The first-order chi connectivity index (χ1) is 7.22. The average molecular weight is 222 g/mol. The third-order valence-corrected chi connectivity index (χ3v) is 2.96. The van der Waals surface area contributed by atoms with Gasteiger partial charge in [0.2, 0.25) is 0 Å². The van der Waals surface area contributed by atoms with Crippen molar-refractivity contribution >= 4 is 17.3 Å². The van der Waals surface area contributed by atoms with Crippen LogP contribution in [0, 0.1) is 6.92 Å². The van der Waals surface area contributed by atoms with Crippen LogP contribution in [0.5, 0.6) is 0 Å². The second kappa shape index (κ2) is 3.86. The van der Waals surface area contributed by atoms with E-state index in [9.17, 15) is 4.79 Å². The quantitative estimate of drug-likeness (QED) is 0.793. The number of aromatic amines is 1. The van der Waals surface area contributed by atoms with Crippen LogP contribution < -0.4 is 0 Å². The molecule has 0 fully saturated rings. The first kappa shape index (κ1) is 9.92. The average Bonchev–Trinajstić information content (AvgIpc) is 2.84. The van der Waals surface area contributed by atoms with Gasteiger partial charge in [0, 0.05) is 6.20 Å². The highest BCUT2D eigenvalue weighted by atomic mass is 32.1. The zero-order valence-corrected chi connectivity index (χ0v) is 9.22. The van der Waals surface area contributed by atoms with Crippen molar-refractivity contribution in [3.8, 4) is 10.6 Å². The van der Waals surface area contributed by atoms with E-state index in [4.69, 9.17) is 0 Å². The molecular weight excluding hydrogens is 212 g/mol. The fourth-order valence-electron chi connectivity index (χ4n) is 1.32. The lowest BCUT2D eigenvalue weighted by Crippen LogP contribution is -2.03. The summed E-state index contributed by atoms with van der Waals surface area (Å²) in [7, 11) is 1.36. The summed E-state index contributed by atoms with van der Waals surface area (Å²) in [6.07, 6.45) is 1.81. The van der Waals surface area contributed by atoms with Crippen molar-refractivity contribution in [1.82, 2.24) is 9.97 Å². The van der Waals surface area contributed by atoms with Crippen molar-refractivity contribution in [2.75, 3.05) is 7.11 Å². The number of thiazole rings is 1. The predicted octanol–water partition coefficient (Wildman–Crippen LogP) is 2.23. The minimum absolute atomic E-state index is 0.377. The fraction of sp³-hybridized carbons (Fsp3) is 0.200. The van der Waals surface area contributed by atoms with Gasteiger partial charge in [-0.1, -0.05) is 0 Å². The van der Waals surface area contributed by atoms with E-state index in [-0.39, 0.29) is 0 Å². The van der Waals surface area contributed by atoms with Gasteiger partial charge in [-0.2, -0.15) is 0 Å². The molecule has 0 atom stereocenters. The molecule has 0 saturated carbocycles. The molecule has 0 amide bonds. The molecule has 0 unspecified atom stereocenters. The summed E-state index contributed by atoms with van der Waals surface area (Å²) >= 11 is 1.47. The molecular formula is C10H10N2O2S. The van der Waals surface area contributed by atoms with Gasteiger partial charge in [-0.05, 0) is 19.1 Å². The molecule has 78 valence electrons. The van der Waals surface area contributed by atoms with Crippen LogP contribution in [0.4, 0.5) is 0 Å². The second-order valence-electron chi connectivity index (χ2n) is 2.99. The minimum Gasteiger partial charge on any atom is -0.464 e. The summed E-state index contributed by atoms with van der Waals surface area (Å²) in [5.41, 5.74) is 1.27. The molecule has 0 radical (unpaired) electrons. The molecule has 2 rings (SSSR count). The molecule has 4 nitrogen and oxygen atoms in total. The summed E-state index contributed by atoms with van der Waals surface area (Å²) in [6.45, 7) is 1.86. The first-order valence-electron chi connectivity index (χ1n) is 4.42. The van der Waals surface area contributed by atoms with Crippen molar-refractivity contribution in [1.29, 1.82) is 0 Å². The second-order valence-corrected chi connectivity index (χ2v) is 4.19. The van der Waals surface area contributed by atoms with E-state index in [1.165, 1.54) is 18.4 Å². The number of hydrogen-bond acceptors (Lipinski definition) is 4. The van der Waals surface area contributed by atoms with Crippen LogP contribution in [0.3, 0.4) is 0 Å². The van der Waals surface area contributed by atoms with Gasteiger partial charge >= 0.3 is 5.97 Å². The Kier molecular flexibility index (Phi) is 2.55. The number of aryl methyl sites for hydroxylation is 1. The van der Waals surface area contributed by atoms with Crippen LogP contribution >= 0.6 is 11.3 Å². The number of hydrogen-bond donors (Lipinski definition) is 1. The summed E-state index contributed by atoms with van der Waals surface area (Å²) in [5, 5.41) is 0.847. The lowest BCUT2D eigenvalue weighted by atomic mass is 10.3. The molecule has 0 bridgehead atoms. The topological polar surface area (TPSA) is 55.0 Å². The van der Waals surface area contributed by atoms with Gasteiger partial charge in [-0.25, -0.2) is 9.78 Å². The van der Waals surface area contributed by atoms with Gasteiger partial charge in [0.25, 0.3) is 0 Å². The first-order valence-corrected chi connectivity index (χ1v) is 5.23. The number of nitrogens with one attached hydrogen (secondary N) is 1. The summed E-state index contributed by atoms with van der Waals surface area (Å²) in [5.74, 6) is -0.399. The van der Waals surface area contributed by atoms with Gasteiger partial charge < -0.3 is 9.72 Å². The highest BCUT2D eigenvalue weighted by Gasteiger charge is 2.18. The fourth-order valence-corrected chi connectivity index (χ4v) is 2.21. The molecule has 15 heavy (non-hydrogen) atoms. The Morgan fingerprint density at radius 2 is 2.40 bits per heavy atom. The largest absolute Gasteiger partial charge is 0.464 e. The van der Waals surface area contributed by atoms with Gasteiger partial charge in [-0.3, -0.25) is 0 Å². The maximum absolute atomic E-state index is 11.5. The summed E-state index contributed by atoms with van der Waals surface area (Å²) in [4.78, 5) is 19.5. The van der Waals surface area contributed by atoms with E-state index < -0.39 is 5.97 Å². The van der Waals surface area contributed by atoms with E-state index in [0.717, 1.165) is 15.6 Å². The maximum Gasteiger partial charge on any atom is 0.358 e. The number of esters is 1. The highest BCUT2D eigenvalue weighted by Crippen LogP contribution is 2.29. The Morgan fingerprint density at radius 1 is 1.60 bits per heavy atom. The Hall–Kier alpha value is -1.62. The number of H-pyrrole nitrogens is 1. The predicted molar refractivity (Wildman–Crippen MR) is 58.0 cm³/mol. The smallest absolute Gasteiger partial charge is 0.358 e. The molecule has 0 spiro atoms. The molecule has 0 aliphatic rings. The van der Waals surface area contributed by atoms with E-state index in [2.05, 4.69) is 14.7 Å². The lowest BCUT2D eigenvalue weighted by Gasteiger charge is -1.97. The van der Waals surface area contributed by atoms with Crippen LogP contribution in [-0.4, -0.2) is 23.0 Å². The Morgan fingerprint density at radius 3 is 3.00 bits per heavy atom. The standard InChI is InChI=1S/C10H10N2O2S/c1-6-12-8(10(13)14-2)9(15-6)7-4-3-5-11-7/h3-5,11H,1-2H3. The van der Waals surface area contributed by atoms with Crippen LogP contribution in [-0.2, 0) is 4.74 Å². The zero-order valence-electron chi connectivity index (χ0n) is 8.40. The molecule has 2 heterocycles.